The summed E-state index contributed by atoms with van der Waals surface area (Å²) < 4.78 is 15.0. The Morgan fingerprint density at radius 1 is 0.886 bits per heavy atom. The molecule has 1 atom stereocenters. The number of hydrogen-bond acceptors (Lipinski definition) is 7. The van der Waals surface area contributed by atoms with Gasteiger partial charge in [0.25, 0.3) is 0 Å². The van der Waals surface area contributed by atoms with Gasteiger partial charge in [0.2, 0.25) is 5.91 Å². The second kappa shape index (κ2) is 16.3. The fourth-order valence-electron chi connectivity index (χ4n) is 3.00. The first-order valence-corrected chi connectivity index (χ1v) is 11.9. The number of rotatable bonds is 14. The molecule has 3 N–H and O–H groups in total. The van der Waals surface area contributed by atoms with E-state index in [9.17, 15) is 19.2 Å². The molecule has 1 aromatic rings. The minimum Gasteiger partial charge on any atom is -0.469 e. The third kappa shape index (κ3) is 15.3. The summed E-state index contributed by atoms with van der Waals surface area (Å²) in [4.78, 5) is 47.9. The van der Waals surface area contributed by atoms with Crippen molar-refractivity contribution in [3.63, 3.8) is 0 Å². The van der Waals surface area contributed by atoms with Crippen LogP contribution in [0.4, 0.5) is 9.59 Å². The number of ether oxygens (including phenoxy) is 3. The monoisotopic (exact) mass is 493 g/mol. The first-order chi connectivity index (χ1) is 16.6. The Morgan fingerprint density at radius 3 is 2.23 bits per heavy atom. The number of hydrogen-bond donors (Lipinski definition) is 3. The molecule has 0 heterocycles. The van der Waals surface area contributed by atoms with Gasteiger partial charge in [0.05, 0.1) is 7.11 Å². The number of carbonyl (C=O) groups is 4. The van der Waals surface area contributed by atoms with Gasteiger partial charge in [0, 0.05) is 19.5 Å². The van der Waals surface area contributed by atoms with E-state index in [1.54, 1.807) is 20.8 Å². The Labute approximate surface area is 207 Å². The topological polar surface area (TPSA) is 132 Å². The minimum atomic E-state index is -0.818. The van der Waals surface area contributed by atoms with E-state index >= 15 is 0 Å². The van der Waals surface area contributed by atoms with E-state index in [1.165, 1.54) is 7.11 Å². The number of benzene rings is 1. The van der Waals surface area contributed by atoms with Crippen molar-refractivity contribution >= 4 is 24.1 Å². The molecule has 0 unspecified atom stereocenters. The summed E-state index contributed by atoms with van der Waals surface area (Å²) in [5.41, 5.74) is 0.181. The van der Waals surface area contributed by atoms with Crippen molar-refractivity contribution in [3.8, 4) is 0 Å². The fourth-order valence-corrected chi connectivity index (χ4v) is 3.00. The first-order valence-electron chi connectivity index (χ1n) is 11.9. The van der Waals surface area contributed by atoms with Crippen molar-refractivity contribution in [2.45, 2.75) is 77.5 Å². The highest BCUT2D eigenvalue weighted by atomic mass is 16.6. The normalized spacial score (nSPS) is 11.7. The first kappa shape index (κ1) is 29.7. The summed E-state index contributed by atoms with van der Waals surface area (Å²) in [5, 5.41) is 8.05. The van der Waals surface area contributed by atoms with E-state index in [0.29, 0.717) is 38.6 Å². The molecule has 0 aromatic heterocycles. The van der Waals surface area contributed by atoms with Crippen LogP contribution < -0.4 is 16.0 Å². The third-order valence-electron chi connectivity index (χ3n) is 4.74. The van der Waals surface area contributed by atoms with Crippen molar-refractivity contribution in [1.29, 1.82) is 0 Å². The molecule has 3 amide bonds. The molecule has 10 nitrogen and oxygen atoms in total. The average molecular weight is 494 g/mol. The van der Waals surface area contributed by atoms with Gasteiger partial charge in [-0.2, -0.15) is 0 Å². The van der Waals surface area contributed by atoms with Crippen LogP contribution >= 0.6 is 0 Å². The molecule has 0 aliphatic rings. The number of alkyl carbamates (subject to hydrolysis) is 2. The van der Waals surface area contributed by atoms with Crippen LogP contribution in [-0.4, -0.2) is 55.9 Å². The van der Waals surface area contributed by atoms with Crippen molar-refractivity contribution in [2.24, 2.45) is 0 Å². The molecule has 0 bridgehead atoms. The van der Waals surface area contributed by atoms with E-state index in [0.717, 1.165) is 12.0 Å². The van der Waals surface area contributed by atoms with E-state index in [-0.39, 0.29) is 25.0 Å². The molecular formula is C25H39N3O7. The van der Waals surface area contributed by atoms with Gasteiger partial charge in [0.1, 0.15) is 18.2 Å². The molecular weight excluding hydrogens is 454 g/mol. The minimum absolute atomic E-state index is 0.164. The molecule has 35 heavy (non-hydrogen) atoms. The highest BCUT2D eigenvalue weighted by Gasteiger charge is 2.24. The van der Waals surface area contributed by atoms with E-state index in [1.807, 2.05) is 30.3 Å². The van der Waals surface area contributed by atoms with Crippen molar-refractivity contribution in [1.82, 2.24) is 16.0 Å². The van der Waals surface area contributed by atoms with Gasteiger partial charge in [-0.25, -0.2) is 9.59 Å². The van der Waals surface area contributed by atoms with Crippen molar-refractivity contribution in [3.05, 3.63) is 35.9 Å². The molecule has 10 heteroatoms. The fraction of sp³-hybridized carbons (Fsp3) is 0.600. The van der Waals surface area contributed by atoms with Gasteiger partial charge < -0.3 is 30.2 Å². The maximum absolute atomic E-state index is 12.7. The third-order valence-corrected chi connectivity index (χ3v) is 4.74. The zero-order valence-corrected chi connectivity index (χ0v) is 21.2. The van der Waals surface area contributed by atoms with Crippen LogP contribution in [0, 0.1) is 0 Å². The summed E-state index contributed by atoms with van der Waals surface area (Å²) in [6.45, 7) is 6.07. The van der Waals surface area contributed by atoms with Gasteiger partial charge >= 0.3 is 18.2 Å². The summed E-state index contributed by atoms with van der Waals surface area (Å²) in [5.74, 6) is -0.594. The van der Waals surface area contributed by atoms with Gasteiger partial charge in [0.15, 0.2) is 0 Å². The number of methoxy groups -OCH3 is 1. The van der Waals surface area contributed by atoms with Crippen LogP contribution in [0.5, 0.6) is 0 Å². The van der Waals surface area contributed by atoms with Crippen LogP contribution in [0.15, 0.2) is 30.3 Å². The van der Waals surface area contributed by atoms with Crippen molar-refractivity contribution < 1.29 is 33.4 Å². The Morgan fingerprint density at radius 2 is 1.57 bits per heavy atom. The van der Waals surface area contributed by atoms with Crippen LogP contribution in [-0.2, 0) is 30.4 Å². The summed E-state index contributed by atoms with van der Waals surface area (Å²) in [6, 6.07) is 8.51. The molecule has 0 aliphatic heterocycles. The molecule has 1 rings (SSSR count). The van der Waals surface area contributed by atoms with Crippen LogP contribution in [0.3, 0.4) is 0 Å². The second-order valence-electron chi connectivity index (χ2n) is 9.01. The maximum atomic E-state index is 12.7. The Kier molecular flexibility index (Phi) is 13.9. The molecule has 0 spiro atoms. The lowest BCUT2D eigenvalue weighted by Gasteiger charge is -2.23. The Balaban J connectivity index is 2.42. The van der Waals surface area contributed by atoms with Gasteiger partial charge in [-0.3, -0.25) is 9.59 Å². The molecule has 0 fully saturated rings. The van der Waals surface area contributed by atoms with Crippen LogP contribution in [0.2, 0.25) is 0 Å². The van der Waals surface area contributed by atoms with Gasteiger partial charge in [-0.05, 0) is 52.0 Å². The summed E-state index contributed by atoms with van der Waals surface area (Å²) in [7, 11) is 1.35. The SMILES string of the molecule is COC(=O)CCCCCNC(=O)[C@H](CCCNC(=O)OCc1ccccc1)NC(=O)OC(C)(C)C. The van der Waals surface area contributed by atoms with Crippen molar-refractivity contribution in [2.75, 3.05) is 20.2 Å². The predicted octanol–water partition coefficient (Wildman–Crippen LogP) is 3.44. The molecule has 0 radical (unpaired) electrons. The number of esters is 1. The lowest BCUT2D eigenvalue weighted by atomic mass is 10.1. The standard InChI is InChI=1S/C25H39N3O7/c1-25(2,3)35-24(32)28-20(22(30)26-16-10-6-9-15-21(29)33-4)14-11-17-27-23(31)34-18-19-12-7-5-8-13-19/h5,7-8,12-13,20H,6,9-11,14-18H2,1-4H3,(H,26,30)(H,27,31)(H,28,32)/t20-/m0/s1. The average Bonchev–Trinajstić information content (AvgIpc) is 2.80. The number of unbranched alkanes of at least 4 members (excludes halogenated alkanes) is 2. The number of nitrogens with one attached hydrogen (secondary N) is 3. The van der Waals surface area contributed by atoms with Gasteiger partial charge in [-0.15, -0.1) is 0 Å². The highest BCUT2D eigenvalue weighted by Crippen LogP contribution is 2.08. The Hall–Kier alpha value is -3.30. The maximum Gasteiger partial charge on any atom is 0.408 e. The largest absolute Gasteiger partial charge is 0.469 e. The number of carbonyl (C=O) groups excluding carboxylic acids is 4. The highest BCUT2D eigenvalue weighted by molar-refractivity contribution is 5.85. The molecule has 196 valence electrons. The second-order valence-corrected chi connectivity index (χ2v) is 9.01. The zero-order chi connectivity index (χ0) is 26.1. The molecule has 1 aromatic carbocycles. The summed E-state index contributed by atoms with van der Waals surface area (Å²) >= 11 is 0. The van der Waals surface area contributed by atoms with Crippen LogP contribution in [0.25, 0.3) is 0 Å². The molecule has 0 saturated carbocycles. The zero-order valence-electron chi connectivity index (χ0n) is 21.2. The number of amides is 3. The lowest BCUT2D eigenvalue weighted by Crippen LogP contribution is -2.48. The van der Waals surface area contributed by atoms with Gasteiger partial charge in [-0.1, -0.05) is 36.8 Å². The van der Waals surface area contributed by atoms with Crippen LogP contribution in [0.1, 0.15) is 64.9 Å². The quantitative estimate of drug-likeness (QED) is 0.205. The lowest BCUT2D eigenvalue weighted by molar-refractivity contribution is -0.140. The predicted molar refractivity (Wildman–Crippen MR) is 131 cm³/mol. The van der Waals surface area contributed by atoms with E-state index in [4.69, 9.17) is 9.47 Å². The molecule has 0 aliphatic carbocycles. The Bertz CT molecular complexity index is 794. The summed E-state index contributed by atoms with van der Waals surface area (Å²) in [6.07, 6.45) is 1.96. The smallest absolute Gasteiger partial charge is 0.408 e. The van der Waals surface area contributed by atoms with E-state index in [2.05, 4.69) is 20.7 Å². The molecule has 0 saturated heterocycles. The van der Waals surface area contributed by atoms with E-state index < -0.39 is 23.8 Å².